The number of rotatable bonds is 0. The minimum Gasteiger partial charge on any atom is -1.00 e. The van der Waals surface area contributed by atoms with Crippen LogP contribution in [0.25, 0.3) is 11.0 Å². The highest BCUT2D eigenvalue weighted by Crippen LogP contribution is 2.03. The number of halogens is 1. The lowest BCUT2D eigenvalue weighted by atomic mass is 10.3. The predicted molar refractivity (Wildman–Crippen MR) is 43.0 cm³/mol. The van der Waals surface area contributed by atoms with E-state index < -0.39 is 0 Å². The quantitative estimate of drug-likeness (QED) is 0.529. The molecule has 0 bridgehead atoms. The molecule has 0 radical (unpaired) electrons. The van der Waals surface area contributed by atoms with Crippen molar-refractivity contribution in [2.24, 2.45) is 0 Å². The average molecular weight is 272 g/mol. The number of aryl methyl sites for hydroxylation is 1. The molecule has 62 valence electrons. The number of nitrogens with zero attached hydrogens (tertiary/aromatic N) is 1. The Kier molecular flexibility index (Phi) is 2.97. The van der Waals surface area contributed by atoms with Crippen molar-refractivity contribution in [2.75, 3.05) is 0 Å². The maximum Gasteiger partial charge on any atom is 0.229 e. The second-order valence-corrected chi connectivity index (χ2v) is 2.58. The molecule has 3 heteroatoms. The molecule has 0 amide bonds. The number of H-pyrrole nitrogens is 1. The molecule has 0 aliphatic heterocycles. The molecule has 1 aromatic carbocycles. The molecule has 0 unspecified atom stereocenters. The summed E-state index contributed by atoms with van der Waals surface area (Å²) in [5, 5.41) is 0. The van der Waals surface area contributed by atoms with Gasteiger partial charge in [0.15, 0.2) is 5.69 Å². The first kappa shape index (κ1) is 9.38. The second kappa shape index (κ2) is 3.80. The molecule has 1 N–H and O–H groups in total. The van der Waals surface area contributed by atoms with Gasteiger partial charge in [-0.1, -0.05) is 12.1 Å². The van der Waals surface area contributed by atoms with Gasteiger partial charge >= 0.3 is 0 Å². The molecule has 1 aromatic heterocycles. The Bertz CT molecular complexity index is 387. The second-order valence-electron chi connectivity index (χ2n) is 2.58. The highest BCUT2D eigenvalue weighted by molar-refractivity contribution is 5.69. The van der Waals surface area contributed by atoms with E-state index in [2.05, 4.69) is 9.97 Å². The molecular weight excluding hydrogens is 263 g/mol. The lowest BCUT2D eigenvalue weighted by molar-refractivity contribution is -0.355. The zero-order valence-corrected chi connectivity index (χ0v) is 8.87. The summed E-state index contributed by atoms with van der Waals surface area (Å²) in [6, 6.07) is 8.00. The van der Waals surface area contributed by atoms with E-state index >= 15 is 0 Å². The standard InChI is InChI=1S/C9H8N2.HI/c1-7-6-10-8-4-2-3-5-9(8)11-7;/h2-6H,1H3;1H. The number of benzene rings is 1. The summed E-state index contributed by atoms with van der Waals surface area (Å²) in [7, 11) is 0. The average Bonchev–Trinajstić information content (AvgIpc) is 2.04. The van der Waals surface area contributed by atoms with E-state index in [-0.39, 0.29) is 24.0 Å². The molecule has 0 aliphatic carbocycles. The van der Waals surface area contributed by atoms with E-state index in [4.69, 9.17) is 0 Å². The number of aromatic amines is 1. The van der Waals surface area contributed by atoms with Crippen LogP contribution in [0.2, 0.25) is 0 Å². The molecule has 0 fully saturated rings. The van der Waals surface area contributed by atoms with Gasteiger partial charge < -0.3 is 24.0 Å². The highest BCUT2D eigenvalue weighted by Gasteiger charge is 1.99. The molecular formula is C9H9IN2. The molecule has 2 rings (SSSR count). The lowest BCUT2D eigenvalue weighted by Crippen LogP contribution is -3.00. The summed E-state index contributed by atoms with van der Waals surface area (Å²) in [5.41, 5.74) is 3.19. The Hall–Kier alpha value is -0.710. The molecule has 2 aromatic rings. The summed E-state index contributed by atoms with van der Waals surface area (Å²) in [4.78, 5) is 7.48. The zero-order valence-electron chi connectivity index (χ0n) is 6.71. The van der Waals surface area contributed by atoms with Crippen LogP contribution in [0.4, 0.5) is 0 Å². The van der Waals surface area contributed by atoms with Crippen molar-refractivity contribution >= 4 is 11.0 Å². The normalized spacial score (nSPS) is 9.42. The molecule has 0 spiro atoms. The van der Waals surface area contributed by atoms with Gasteiger partial charge in [0, 0.05) is 13.0 Å². The minimum absolute atomic E-state index is 0. The molecule has 2 nitrogen and oxygen atoms in total. The fraction of sp³-hybridized carbons (Fsp3) is 0.111. The van der Waals surface area contributed by atoms with Gasteiger partial charge in [0.1, 0.15) is 5.52 Å². The van der Waals surface area contributed by atoms with E-state index in [0.717, 1.165) is 16.7 Å². The Morgan fingerprint density at radius 2 is 2.00 bits per heavy atom. The highest BCUT2D eigenvalue weighted by atomic mass is 127. The molecule has 0 saturated heterocycles. The molecule has 1 heterocycles. The third-order valence-electron chi connectivity index (χ3n) is 1.63. The van der Waals surface area contributed by atoms with Crippen molar-refractivity contribution in [1.29, 1.82) is 0 Å². The van der Waals surface area contributed by atoms with E-state index in [9.17, 15) is 0 Å². The van der Waals surface area contributed by atoms with Crippen LogP contribution in [0.15, 0.2) is 30.5 Å². The summed E-state index contributed by atoms with van der Waals surface area (Å²) >= 11 is 0. The summed E-state index contributed by atoms with van der Waals surface area (Å²) in [6.45, 7) is 2.00. The maximum atomic E-state index is 4.25. The Morgan fingerprint density at radius 1 is 1.25 bits per heavy atom. The first-order chi connectivity index (χ1) is 5.36. The number of hydrogen-bond acceptors (Lipinski definition) is 1. The zero-order chi connectivity index (χ0) is 7.68. The lowest BCUT2D eigenvalue weighted by Gasteiger charge is -1.88. The first-order valence-electron chi connectivity index (χ1n) is 3.60. The van der Waals surface area contributed by atoms with Crippen LogP contribution < -0.4 is 29.0 Å². The summed E-state index contributed by atoms with van der Waals surface area (Å²) in [5.74, 6) is 0. The summed E-state index contributed by atoms with van der Waals surface area (Å²) < 4.78 is 0. The van der Waals surface area contributed by atoms with E-state index in [1.165, 1.54) is 0 Å². The van der Waals surface area contributed by atoms with Gasteiger partial charge in [-0.05, 0) is 6.07 Å². The van der Waals surface area contributed by atoms with E-state index in [1.54, 1.807) is 0 Å². The molecule has 0 saturated carbocycles. The van der Waals surface area contributed by atoms with E-state index in [0.29, 0.717) is 0 Å². The van der Waals surface area contributed by atoms with E-state index in [1.807, 2.05) is 37.4 Å². The molecule has 12 heavy (non-hydrogen) atoms. The van der Waals surface area contributed by atoms with Gasteiger partial charge in [-0.3, -0.25) is 0 Å². The van der Waals surface area contributed by atoms with Gasteiger partial charge in [0.25, 0.3) is 0 Å². The fourth-order valence-corrected chi connectivity index (χ4v) is 1.10. The Balaban J connectivity index is 0.000000720. The summed E-state index contributed by atoms with van der Waals surface area (Å²) in [6.07, 6.45) is 1.84. The van der Waals surface area contributed by atoms with Crippen LogP contribution in [0.5, 0.6) is 0 Å². The third-order valence-corrected chi connectivity index (χ3v) is 1.63. The van der Waals surface area contributed by atoms with Crippen LogP contribution in [0, 0.1) is 6.92 Å². The monoisotopic (exact) mass is 272 g/mol. The van der Waals surface area contributed by atoms with Crippen LogP contribution in [-0.2, 0) is 0 Å². The maximum absolute atomic E-state index is 4.25. The van der Waals surface area contributed by atoms with Crippen molar-refractivity contribution < 1.29 is 29.0 Å². The van der Waals surface area contributed by atoms with Gasteiger partial charge in [0.2, 0.25) is 5.52 Å². The van der Waals surface area contributed by atoms with Gasteiger partial charge in [-0.2, -0.15) is 0 Å². The smallest absolute Gasteiger partial charge is 0.229 e. The van der Waals surface area contributed by atoms with Crippen molar-refractivity contribution in [1.82, 2.24) is 4.98 Å². The van der Waals surface area contributed by atoms with Crippen molar-refractivity contribution in [3.8, 4) is 0 Å². The van der Waals surface area contributed by atoms with Crippen LogP contribution >= 0.6 is 0 Å². The minimum atomic E-state index is 0. The van der Waals surface area contributed by atoms with Crippen LogP contribution in [0.3, 0.4) is 0 Å². The fourth-order valence-electron chi connectivity index (χ4n) is 1.10. The Labute approximate surface area is 88.1 Å². The molecule has 0 atom stereocenters. The van der Waals surface area contributed by atoms with Gasteiger partial charge in [-0.25, -0.2) is 9.97 Å². The first-order valence-corrected chi connectivity index (χ1v) is 3.60. The topological polar surface area (TPSA) is 27.0 Å². The third kappa shape index (κ3) is 1.72. The van der Waals surface area contributed by atoms with Gasteiger partial charge in [0.05, 0.1) is 6.20 Å². The van der Waals surface area contributed by atoms with Crippen molar-refractivity contribution in [3.05, 3.63) is 36.2 Å². The Morgan fingerprint density at radius 3 is 2.83 bits per heavy atom. The largest absolute Gasteiger partial charge is 1.00 e. The number of aromatic nitrogens is 2. The van der Waals surface area contributed by atoms with Crippen LogP contribution in [0.1, 0.15) is 5.69 Å². The number of hydrogen-bond donors (Lipinski definition) is 0. The number of nitrogens with one attached hydrogen (secondary N) is 1. The SMILES string of the molecule is Cc1cnc2ccccc2[nH+]1.[I-]. The van der Waals surface area contributed by atoms with Gasteiger partial charge in [-0.15, -0.1) is 0 Å². The molecule has 0 aliphatic rings. The predicted octanol–water partition coefficient (Wildman–Crippen LogP) is -1.64. The van der Waals surface area contributed by atoms with Crippen molar-refractivity contribution in [3.63, 3.8) is 0 Å². The number of para-hydroxylation sites is 2. The van der Waals surface area contributed by atoms with Crippen molar-refractivity contribution in [2.45, 2.75) is 6.92 Å². The number of fused-ring (bicyclic) bond motifs is 1. The van der Waals surface area contributed by atoms with Crippen LogP contribution in [-0.4, -0.2) is 4.98 Å².